The van der Waals surface area contributed by atoms with Crippen LogP contribution >= 0.6 is 11.6 Å². The minimum absolute atomic E-state index is 0.0254. The third-order valence-corrected chi connectivity index (χ3v) is 6.17. The minimum Gasteiger partial charge on any atom is -0.346 e. The van der Waals surface area contributed by atoms with Crippen LogP contribution < -0.4 is 10.6 Å². The van der Waals surface area contributed by atoms with E-state index in [1.54, 1.807) is 49.7 Å². The van der Waals surface area contributed by atoms with Crippen molar-refractivity contribution in [2.24, 2.45) is 13.0 Å². The van der Waals surface area contributed by atoms with Gasteiger partial charge in [0.1, 0.15) is 0 Å². The van der Waals surface area contributed by atoms with Crippen molar-refractivity contribution in [3.8, 4) is 0 Å². The highest BCUT2D eigenvalue weighted by molar-refractivity contribution is 6.43. The SMILES string of the molecule is Cc1c(C(=O)Nc2cccc(Cl)c2)c(C)n(C)c1C(=O)C(=O)N[C@@H]1CCC[C@@H](C)C1. The standard InChI is InChI=1S/C23H28ClN3O3/c1-13-7-5-9-17(11-13)26-23(30)21(28)20-14(2)19(15(3)27(20)4)22(29)25-18-10-6-8-16(24)12-18/h6,8,10,12-13,17H,5,7,9,11H2,1-4H3,(H,25,29)(H,26,30)/t13-,17-/m1/s1. The number of amides is 2. The highest BCUT2D eigenvalue weighted by Crippen LogP contribution is 2.26. The summed E-state index contributed by atoms with van der Waals surface area (Å²) in [5.41, 5.74) is 2.30. The highest BCUT2D eigenvalue weighted by atomic mass is 35.5. The maximum absolute atomic E-state index is 13.0. The molecule has 2 aromatic rings. The number of benzene rings is 1. The summed E-state index contributed by atoms with van der Waals surface area (Å²) in [6, 6.07) is 6.88. The molecule has 2 atom stereocenters. The molecule has 2 N–H and O–H groups in total. The second-order valence-electron chi connectivity index (χ2n) is 8.23. The summed E-state index contributed by atoms with van der Waals surface area (Å²) in [5, 5.41) is 6.21. The van der Waals surface area contributed by atoms with Crippen LogP contribution in [0.1, 0.15) is 64.7 Å². The van der Waals surface area contributed by atoms with Gasteiger partial charge in [-0.25, -0.2) is 0 Å². The van der Waals surface area contributed by atoms with Gasteiger partial charge in [-0.05, 0) is 56.4 Å². The van der Waals surface area contributed by atoms with Crippen LogP contribution in [-0.2, 0) is 11.8 Å². The molecular formula is C23H28ClN3O3. The molecule has 0 unspecified atom stereocenters. The molecule has 2 amide bonds. The number of halogens is 1. The number of anilines is 1. The fourth-order valence-electron chi connectivity index (χ4n) is 4.32. The van der Waals surface area contributed by atoms with Gasteiger partial charge in [-0.2, -0.15) is 0 Å². The van der Waals surface area contributed by atoms with Crippen LogP contribution in [0.25, 0.3) is 0 Å². The molecule has 7 heteroatoms. The molecule has 0 bridgehead atoms. The van der Waals surface area contributed by atoms with Crippen LogP contribution in [0.4, 0.5) is 5.69 Å². The average Bonchev–Trinajstić information content (AvgIpc) is 2.90. The zero-order valence-electron chi connectivity index (χ0n) is 17.8. The maximum atomic E-state index is 13.0. The fourth-order valence-corrected chi connectivity index (χ4v) is 4.51. The molecule has 30 heavy (non-hydrogen) atoms. The molecule has 1 aliphatic rings. The van der Waals surface area contributed by atoms with Crippen LogP contribution in [0, 0.1) is 19.8 Å². The van der Waals surface area contributed by atoms with E-state index < -0.39 is 11.7 Å². The van der Waals surface area contributed by atoms with E-state index in [9.17, 15) is 14.4 Å². The second kappa shape index (κ2) is 9.04. The summed E-state index contributed by atoms with van der Waals surface area (Å²) in [5.74, 6) is -1.03. The van der Waals surface area contributed by atoms with Crippen molar-refractivity contribution in [3.63, 3.8) is 0 Å². The van der Waals surface area contributed by atoms with Crippen molar-refractivity contribution >= 4 is 34.9 Å². The van der Waals surface area contributed by atoms with E-state index in [-0.39, 0.29) is 17.6 Å². The smallest absolute Gasteiger partial charge is 0.294 e. The van der Waals surface area contributed by atoms with Gasteiger partial charge in [-0.1, -0.05) is 37.4 Å². The van der Waals surface area contributed by atoms with Gasteiger partial charge >= 0.3 is 0 Å². The van der Waals surface area contributed by atoms with E-state index in [1.807, 2.05) is 0 Å². The third-order valence-electron chi connectivity index (χ3n) is 5.93. The topological polar surface area (TPSA) is 80.2 Å². The number of carbonyl (C=O) groups is 3. The van der Waals surface area contributed by atoms with Gasteiger partial charge in [0.2, 0.25) is 0 Å². The normalized spacial score (nSPS) is 18.7. The van der Waals surface area contributed by atoms with Crippen LogP contribution in [0.15, 0.2) is 24.3 Å². The van der Waals surface area contributed by atoms with Crippen molar-refractivity contribution in [2.45, 2.75) is 52.5 Å². The van der Waals surface area contributed by atoms with E-state index in [2.05, 4.69) is 17.6 Å². The largest absolute Gasteiger partial charge is 0.346 e. The van der Waals surface area contributed by atoms with Crippen molar-refractivity contribution in [2.75, 3.05) is 5.32 Å². The van der Waals surface area contributed by atoms with Crippen LogP contribution in [0.2, 0.25) is 5.02 Å². The molecule has 0 aliphatic heterocycles. The minimum atomic E-state index is -0.613. The number of nitrogens with one attached hydrogen (secondary N) is 2. The molecule has 160 valence electrons. The molecular weight excluding hydrogens is 402 g/mol. The lowest BCUT2D eigenvalue weighted by molar-refractivity contribution is -0.118. The molecule has 1 aliphatic carbocycles. The summed E-state index contributed by atoms with van der Waals surface area (Å²) in [6.45, 7) is 5.62. The molecule has 0 saturated heterocycles. The lowest BCUT2D eigenvalue weighted by Gasteiger charge is -2.27. The summed E-state index contributed by atoms with van der Waals surface area (Å²) in [7, 11) is 1.70. The van der Waals surface area contributed by atoms with Crippen molar-refractivity contribution in [1.82, 2.24) is 9.88 Å². The number of rotatable bonds is 5. The first-order valence-electron chi connectivity index (χ1n) is 10.3. The lowest BCUT2D eigenvalue weighted by Crippen LogP contribution is -2.42. The summed E-state index contributed by atoms with van der Waals surface area (Å²) >= 11 is 5.99. The predicted octanol–water partition coefficient (Wildman–Crippen LogP) is 4.43. The van der Waals surface area contributed by atoms with Crippen molar-refractivity contribution < 1.29 is 14.4 Å². The Kier molecular flexibility index (Phi) is 6.66. The molecule has 1 fully saturated rings. The quantitative estimate of drug-likeness (QED) is 0.545. The van der Waals surface area contributed by atoms with Gasteiger partial charge in [0.05, 0.1) is 11.3 Å². The van der Waals surface area contributed by atoms with Crippen molar-refractivity contribution in [3.05, 3.63) is 51.8 Å². The molecule has 1 aromatic heterocycles. The van der Waals surface area contributed by atoms with Gasteiger partial charge in [-0.15, -0.1) is 0 Å². The Bertz CT molecular complexity index is 996. The molecule has 6 nitrogen and oxygen atoms in total. The van der Waals surface area contributed by atoms with E-state index in [4.69, 9.17) is 11.6 Å². The summed E-state index contributed by atoms with van der Waals surface area (Å²) < 4.78 is 1.62. The van der Waals surface area contributed by atoms with Gasteiger partial charge in [0.25, 0.3) is 17.6 Å². The number of nitrogens with zero attached hydrogens (tertiary/aromatic N) is 1. The number of Topliss-reactive ketones (excluding diaryl/α,β-unsaturated/α-hetero) is 1. The lowest BCUT2D eigenvalue weighted by atomic mass is 9.87. The Morgan fingerprint density at radius 2 is 1.90 bits per heavy atom. The fraction of sp³-hybridized carbons (Fsp3) is 0.435. The number of carbonyl (C=O) groups excluding carboxylic acids is 3. The Balaban J connectivity index is 1.81. The first-order valence-corrected chi connectivity index (χ1v) is 10.6. The first kappa shape index (κ1) is 22.1. The van der Waals surface area contributed by atoms with E-state index in [1.165, 1.54) is 0 Å². The van der Waals surface area contributed by atoms with Gasteiger partial charge in [-0.3, -0.25) is 14.4 Å². The Morgan fingerprint density at radius 1 is 1.17 bits per heavy atom. The number of aromatic nitrogens is 1. The Labute approximate surface area is 182 Å². The van der Waals surface area contributed by atoms with Crippen LogP contribution in [-0.4, -0.2) is 28.2 Å². The van der Waals surface area contributed by atoms with Crippen LogP contribution in [0.3, 0.4) is 0 Å². The van der Waals surface area contributed by atoms with Crippen molar-refractivity contribution in [1.29, 1.82) is 0 Å². The Morgan fingerprint density at radius 3 is 2.57 bits per heavy atom. The Hall–Kier alpha value is -2.60. The average molecular weight is 430 g/mol. The van der Waals surface area contributed by atoms with E-state index in [0.717, 1.165) is 25.7 Å². The number of hydrogen-bond acceptors (Lipinski definition) is 3. The zero-order valence-corrected chi connectivity index (χ0v) is 18.6. The molecule has 3 rings (SSSR count). The summed E-state index contributed by atoms with van der Waals surface area (Å²) in [6.07, 6.45) is 3.98. The molecule has 1 saturated carbocycles. The number of ketones is 1. The molecule has 0 radical (unpaired) electrons. The molecule has 0 spiro atoms. The maximum Gasteiger partial charge on any atom is 0.294 e. The van der Waals surface area contributed by atoms with Gasteiger partial charge in [0, 0.05) is 29.5 Å². The van der Waals surface area contributed by atoms with Crippen LogP contribution in [0.5, 0.6) is 0 Å². The van der Waals surface area contributed by atoms with E-state index in [0.29, 0.717) is 33.4 Å². The molecule has 1 aromatic carbocycles. The van der Waals surface area contributed by atoms with E-state index >= 15 is 0 Å². The zero-order chi connectivity index (χ0) is 22.0. The number of hydrogen-bond donors (Lipinski definition) is 2. The predicted molar refractivity (Wildman–Crippen MR) is 118 cm³/mol. The summed E-state index contributed by atoms with van der Waals surface area (Å²) in [4.78, 5) is 38.5. The van der Waals surface area contributed by atoms with Gasteiger partial charge in [0.15, 0.2) is 0 Å². The second-order valence-corrected chi connectivity index (χ2v) is 8.67. The highest BCUT2D eigenvalue weighted by Gasteiger charge is 2.30. The monoisotopic (exact) mass is 429 g/mol. The third kappa shape index (κ3) is 4.59. The molecule has 1 heterocycles. The van der Waals surface area contributed by atoms with Gasteiger partial charge < -0.3 is 15.2 Å². The first-order chi connectivity index (χ1) is 14.2.